The fourth-order valence-electron chi connectivity index (χ4n) is 0. The summed E-state index contributed by atoms with van der Waals surface area (Å²) in [6.45, 7) is 0. The SMILES string of the molecule is OB(O)O.OB(O)O.OB(O)O.OB(O)O.OOB(O)O.[H-].[Na+]. The van der Waals surface area contributed by atoms with E-state index in [-0.39, 0.29) is 31.0 Å². The van der Waals surface area contributed by atoms with Crippen LogP contribution >= 0.6 is 0 Å². The van der Waals surface area contributed by atoms with Crippen molar-refractivity contribution in [2.45, 2.75) is 0 Å². The molecule has 0 rings (SSSR count). The monoisotopic (exact) mass is 350 g/mol. The maximum atomic E-state index is 7.44. The first-order valence-electron chi connectivity index (χ1n) is 4.03. The Hall–Kier alpha value is 0.685. The molecule has 0 unspecified atom stereocenters. The average Bonchev–Trinajstić information content (AvgIpc) is 2.13. The van der Waals surface area contributed by atoms with Gasteiger partial charge in [0.1, 0.15) is 0 Å². The van der Waals surface area contributed by atoms with Gasteiger partial charge >= 0.3 is 66.2 Å². The van der Waals surface area contributed by atoms with Crippen molar-refractivity contribution >= 4 is 36.6 Å². The first-order chi connectivity index (χ1) is 9.20. The van der Waals surface area contributed by atoms with Crippen molar-refractivity contribution in [3.63, 3.8) is 0 Å². The van der Waals surface area contributed by atoms with E-state index in [1.807, 2.05) is 0 Å². The third-order valence-electron chi connectivity index (χ3n) is 0.0943. The molecule has 0 aliphatic heterocycles. The third-order valence-corrected chi connectivity index (χ3v) is 0.0943. The summed E-state index contributed by atoms with van der Waals surface area (Å²) in [6, 6.07) is 0. The van der Waals surface area contributed by atoms with Gasteiger partial charge in [0, 0.05) is 0 Å². The summed E-state index contributed by atoms with van der Waals surface area (Å²) >= 11 is 0. The summed E-state index contributed by atoms with van der Waals surface area (Å²) in [4.78, 5) is 2.86. The van der Waals surface area contributed by atoms with Crippen LogP contribution in [0, 0.1) is 0 Å². The summed E-state index contributed by atoms with van der Waals surface area (Å²) in [5.74, 6) is 0. The Morgan fingerprint density at radius 3 is 0.500 bits per heavy atom. The molecule has 0 amide bonds. The van der Waals surface area contributed by atoms with Crippen molar-refractivity contribution in [2.75, 3.05) is 0 Å². The zero-order chi connectivity index (χ0) is 18.6. The molecule has 0 aliphatic carbocycles. The zero-order valence-corrected chi connectivity index (χ0v) is 13.0. The van der Waals surface area contributed by atoms with Gasteiger partial charge in [-0.3, -0.25) is 5.26 Å². The van der Waals surface area contributed by atoms with Crippen LogP contribution in [-0.2, 0) is 4.81 Å². The topological polar surface area (TPSA) is 313 Å². The molecule has 128 valence electrons. The Morgan fingerprint density at radius 2 is 0.500 bits per heavy atom. The van der Waals surface area contributed by atoms with Crippen LogP contribution in [0.3, 0.4) is 0 Å². The van der Waals surface area contributed by atoms with Crippen molar-refractivity contribution in [1.29, 1.82) is 0 Å². The van der Waals surface area contributed by atoms with Crippen molar-refractivity contribution in [1.82, 2.24) is 0 Å². The van der Waals surface area contributed by atoms with E-state index in [1.54, 1.807) is 0 Å². The van der Waals surface area contributed by atoms with Crippen molar-refractivity contribution in [3.8, 4) is 0 Å². The van der Waals surface area contributed by atoms with Gasteiger partial charge in [-0.25, -0.2) is 4.81 Å². The Kier molecular flexibility index (Phi) is 58.0. The van der Waals surface area contributed by atoms with Crippen LogP contribution in [0.5, 0.6) is 0 Å². The molecule has 0 saturated heterocycles. The van der Waals surface area contributed by atoms with E-state index in [2.05, 4.69) is 4.81 Å². The Labute approximate surface area is 148 Å². The van der Waals surface area contributed by atoms with Crippen LogP contribution in [0.2, 0.25) is 0 Å². The van der Waals surface area contributed by atoms with Gasteiger partial charge in [0.2, 0.25) is 0 Å². The smallest absolute Gasteiger partial charge is 1.00 e. The van der Waals surface area contributed by atoms with Crippen molar-refractivity contribution in [3.05, 3.63) is 0 Å². The van der Waals surface area contributed by atoms with Crippen LogP contribution < -0.4 is 29.6 Å². The van der Waals surface area contributed by atoms with Gasteiger partial charge in [-0.1, -0.05) is 0 Å². The normalized spacial score (nSPS) is 6.68. The number of hydrogen-bond donors (Lipinski definition) is 15. The van der Waals surface area contributed by atoms with Crippen molar-refractivity contribution < 1.29 is 111 Å². The van der Waals surface area contributed by atoms with E-state index in [0.29, 0.717) is 0 Å². The van der Waals surface area contributed by atoms with Crippen LogP contribution in [0.25, 0.3) is 0 Å². The second-order valence-electron chi connectivity index (χ2n) is 1.82. The standard InChI is InChI=1S/BH3O4.4BH3O3.Na.H/c2-1(3)5-4;4*2-1(3)4;;/h2-4H;4*2-4H;;/q;;;;;+1;-1. The summed E-state index contributed by atoms with van der Waals surface area (Å²) in [7, 11) is -10.7. The molecule has 0 spiro atoms. The zero-order valence-electron chi connectivity index (χ0n) is 12.0. The molecule has 0 fully saturated rings. The molecule has 0 aromatic carbocycles. The predicted molar refractivity (Wildman–Crippen MR) is 64.7 cm³/mol. The molecule has 0 radical (unpaired) electrons. The molecule has 0 heterocycles. The molecular weight excluding hydrogens is 333 g/mol. The first-order valence-corrected chi connectivity index (χ1v) is 4.03. The van der Waals surface area contributed by atoms with Crippen LogP contribution in [0.15, 0.2) is 0 Å². The van der Waals surface area contributed by atoms with E-state index in [1.165, 1.54) is 0 Å². The largest absolute Gasteiger partial charge is 1.00 e. The quantitative estimate of drug-likeness (QED) is 0.119. The van der Waals surface area contributed by atoms with E-state index < -0.39 is 36.6 Å². The van der Waals surface area contributed by atoms with Crippen LogP contribution in [-0.4, -0.2) is 112 Å². The van der Waals surface area contributed by atoms with E-state index in [9.17, 15) is 0 Å². The maximum absolute atomic E-state index is 7.44. The van der Waals surface area contributed by atoms with Crippen LogP contribution in [0.4, 0.5) is 0 Å². The maximum Gasteiger partial charge on any atom is 1.00 e. The van der Waals surface area contributed by atoms with E-state index >= 15 is 0 Å². The molecule has 0 saturated carbocycles. The molecule has 0 aliphatic rings. The minimum atomic E-state index is -2.17. The summed E-state index contributed by atoms with van der Waals surface area (Å²) in [5.41, 5.74) is 0. The molecular formula is H16B5NaO16. The minimum Gasteiger partial charge on any atom is -1.00 e. The van der Waals surface area contributed by atoms with Gasteiger partial charge in [-0.15, -0.1) is 0 Å². The fourth-order valence-corrected chi connectivity index (χ4v) is 0. The van der Waals surface area contributed by atoms with Gasteiger partial charge in [-0.05, 0) is 0 Å². The molecule has 22 heteroatoms. The van der Waals surface area contributed by atoms with Gasteiger partial charge in [0.05, 0.1) is 0 Å². The molecule has 0 atom stereocenters. The predicted octanol–water partition coefficient (Wildman–Crippen LogP) is -12.6. The summed E-state index contributed by atoms with van der Waals surface area (Å²) < 4.78 is 0. The van der Waals surface area contributed by atoms with E-state index in [4.69, 9.17) is 75.6 Å². The van der Waals surface area contributed by atoms with Gasteiger partial charge in [-0.2, -0.15) is 0 Å². The second-order valence-corrected chi connectivity index (χ2v) is 1.82. The molecule has 0 aromatic rings. The van der Waals surface area contributed by atoms with E-state index in [0.717, 1.165) is 0 Å². The van der Waals surface area contributed by atoms with Gasteiger partial charge in [0.25, 0.3) is 0 Å². The summed E-state index contributed by atoms with van der Waals surface area (Å²) in [6.07, 6.45) is 0. The number of rotatable bonds is 1. The molecule has 16 nitrogen and oxygen atoms in total. The third kappa shape index (κ3) is 1110. The average molecular weight is 349 g/mol. The van der Waals surface area contributed by atoms with Crippen molar-refractivity contribution in [2.24, 2.45) is 0 Å². The van der Waals surface area contributed by atoms with Gasteiger partial charge < -0.3 is 71.8 Å². The molecule has 22 heavy (non-hydrogen) atoms. The fraction of sp³-hybridized carbons (Fsp3) is 0. The summed E-state index contributed by atoms with van der Waals surface area (Å²) in [5, 5.41) is 108. The second kappa shape index (κ2) is 33.3. The molecule has 15 N–H and O–H groups in total. The minimum absolute atomic E-state index is 0. The Balaban J connectivity index is -0.0000000273. The number of hydrogen-bond acceptors (Lipinski definition) is 16. The van der Waals surface area contributed by atoms with Gasteiger partial charge in [0.15, 0.2) is 0 Å². The Bertz CT molecular complexity index is 111. The Morgan fingerprint density at radius 1 is 0.455 bits per heavy atom. The van der Waals surface area contributed by atoms with Crippen LogP contribution in [0.1, 0.15) is 1.43 Å². The molecule has 0 aromatic heterocycles. The molecule has 0 bridgehead atoms. The first kappa shape index (κ1) is 38.3.